The van der Waals surface area contributed by atoms with Gasteiger partial charge in [0.15, 0.2) is 48.9 Å². The molecule has 1 aliphatic carbocycles. The molecule has 5 saturated heterocycles. The number of rotatable bonds is 18. The molecule has 6 aliphatic rings. The van der Waals surface area contributed by atoms with E-state index in [9.17, 15) is 60.3 Å². The van der Waals surface area contributed by atoms with Gasteiger partial charge >= 0.3 is 12.1 Å². The van der Waals surface area contributed by atoms with Crippen molar-refractivity contribution in [2.75, 3.05) is 14.2 Å². The fourth-order valence-corrected chi connectivity index (χ4v) is 12.4. The lowest BCUT2D eigenvalue weighted by Crippen LogP contribution is -2.59. The van der Waals surface area contributed by atoms with Gasteiger partial charge in [-0.3, -0.25) is 14.4 Å². The SMILES string of the molecule is CO[C@@H]1[C@H](O)C[C@@H](O[C@@H]2C[C@H](Oc3cc4cc5c(c(O)c4c(O)c3C)C(=O)[C@@H](O[C@H]3C[C@@H](O[C@H]4C[C@@H](O[C@H]6C[C@](C)(O)[C@@H](OC(C)=O)[C@H](C)O6)[C@H](O)[C@@H](C)O4)[C@H](O)[C@@H](C)O3)[C@H]([C@H](OC)C(=O)[C@@H](O)[C@@H](C)O)C5)O[C@H](C)[C@@H]2OC(=O)O)O[C@@H]1C. The quantitative estimate of drug-likeness (QED) is 0.0959. The Labute approximate surface area is 478 Å². The topological polar surface area (TPSA) is 380 Å². The third kappa shape index (κ3) is 13.9. The average molecular weight is 1190 g/mol. The van der Waals surface area contributed by atoms with Crippen LogP contribution in [0.4, 0.5) is 4.79 Å². The zero-order chi connectivity index (χ0) is 60.8. The zero-order valence-electron chi connectivity index (χ0n) is 48.1. The number of aliphatic hydroxyl groups is 6. The Kier molecular flexibility index (Phi) is 20.4. The summed E-state index contributed by atoms with van der Waals surface area (Å²) in [5.74, 6) is -4.89. The predicted octanol–water partition coefficient (Wildman–Crippen LogP) is 1.68. The van der Waals surface area contributed by atoms with E-state index in [0.717, 1.165) is 0 Å². The molecule has 27 nitrogen and oxygen atoms in total. The summed E-state index contributed by atoms with van der Waals surface area (Å²) in [6.45, 7) is 13.3. The molecule has 0 radical (unpaired) electrons. The standard InChI is InChI=1S/C56H80O27/c1-20-32(78-38-18-35(51(25(6)75-38)83-55(67)68)81-36-15-31(59)50(70-10)24(5)74-36)14-29-12-28-13-30(52(71-11)49(66)44(61)21(2)57)53(48(65)42(28)47(64)41(29)43(20)60)82-39-17-33(45(62)23(4)73-39)79-37-16-34(46(63)22(3)72-37)80-40-19-56(9,69)54(26(7)76-40)77-27(8)58/h12,14,21-26,30-31,33-40,44-46,50-54,57,59-64,69H,13,15-19H2,1-11H3,(H,67,68)/t21-,22-,23-,24-,25-,26+,30+,31-,33-,34-,35-,36-,37+,38+,39+,40+,44+,45-,46-,50+,51+,52+,53+,54+,56+/m1/s1. The molecule has 0 aromatic heterocycles. The van der Waals surface area contributed by atoms with Gasteiger partial charge in [-0.2, -0.15) is 0 Å². The first-order valence-electron chi connectivity index (χ1n) is 27.9. The van der Waals surface area contributed by atoms with Crippen molar-refractivity contribution in [2.45, 2.75) is 248 Å². The highest BCUT2D eigenvalue weighted by molar-refractivity contribution is 6.11. The van der Waals surface area contributed by atoms with Gasteiger partial charge < -0.3 is 112 Å². The molecule has 25 atom stereocenters. The molecular weight excluding hydrogens is 1100 g/mol. The monoisotopic (exact) mass is 1180 g/mol. The van der Waals surface area contributed by atoms with Crippen LogP contribution >= 0.6 is 0 Å². The molecule has 0 saturated carbocycles. The highest BCUT2D eigenvalue weighted by Crippen LogP contribution is 2.48. The second kappa shape index (κ2) is 26.2. The van der Waals surface area contributed by atoms with Crippen molar-refractivity contribution in [3.63, 3.8) is 0 Å². The molecule has 0 amide bonds. The number of ether oxygens (including phenoxy) is 14. The average Bonchev–Trinajstić information content (AvgIpc) is 3.47. The summed E-state index contributed by atoms with van der Waals surface area (Å²) < 4.78 is 83.3. The molecule has 5 fully saturated rings. The van der Waals surface area contributed by atoms with Crippen LogP contribution in [-0.4, -0.2) is 231 Å². The van der Waals surface area contributed by atoms with E-state index in [1.165, 1.54) is 61.0 Å². The minimum absolute atomic E-state index is 0.00914. The molecule has 2 aromatic rings. The first kappa shape index (κ1) is 64.5. The molecular formula is C56H80O27. The van der Waals surface area contributed by atoms with Gasteiger partial charge in [-0.1, -0.05) is 0 Å². The number of carbonyl (C=O) groups excluding carboxylic acids is 3. The molecule has 8 rings (SSSR count). The number of phenols is 2. The lowest BCUT2D eigenvalue weighted by molar-refractivity contribution is -0.334. The highest BCUT2D eigenvalue weighted by atomic mass is 16.8. The van der Waals surface area contributed by atoms with Crippen LogP contribution in [0.3, 0.4) is 0 Å². The number of esters is 1. The Morgan fingerprint density at radius 1 is 0.711 bits per heavy atom. The lowest BCUT2D eigenvalue weighted by Gasteiger charge is -2.46. The Morgan fingerprint density at radius 3 is 1.82 bits per heavy atom. The first-order valence-corrected chi connectivity index (χ1v) is 27.9. The van der Waals surface area contributed by atoms with Crippen molar-refractivity contribution in [3.8, 4) is 17.2 Å². The normalized spacial score (nSPS) is 39.7. The van der Waals surface area contributed by atoms with E-state index in [0.29, 0.717) is 0 Å². The number of ketones is 2. The van der Waals surface area contributed by atoms with E-state index in [-0.39, 0.29) is 71.7 Å². The summed E-state index contributed by atoms with van der Waals surface area (Å²) in [6.07, 6.45) is -28.7. The smallest absolute Gasteiger partial charge is 0.506 e. The van der Waals surface area contributed by atoms with E-state index >= 15 is 4.79 Å². The van der Waals surface area contributed by atoms with Crippen LogP contribution in [-0.2, 0) is 77.6 Å². The van der Waals surface area contributed by atoms with Gasteiger partial charge in [-0.15, -0.1) is 0 Å². The number of carbonyl (C=O) groups is 4. The van der Waals surface area contributed by atoms with E-state index in [2.05, 4.69) is 0 Å². The molecule has 0 bridgehead atoms. The number of hydrogen-bond acceptors (Lipinski definition) is 26. The second-order valence-corrected chi connectivity index (χ2v) is 22.9. The van der Waals surface area contributed by atoms with Gasteiger partial charge in [-0.25, -0.2) is 4.79 Å². The molecule has 83 heavy (non-hydrogen) atoms. The Morgan fingerprint density at radius 2 is 1.25 bits per heavy atom. The van der Waals surface area contributed by atoms with Crippen molar-refractivity contribution < 1.29 is 131 Å². The third-order valence-electron chi connectivity index (χ3n) is 16.6. The van der Waals surface area contributed by atoms with Gasteiger partial charge in [0.25, 0.3) is 0 Å². The summed E-state index contributed by atoms with van der Waals surface area (Å²) in [4.78, 5) is 52.7. The van der Waals surface area contributed by atoms with Crippen molar-refractivity contribution in [2.24, 2.45) is 5.92 Å². The summed E-state index contributed by atoms with van der Waals surface area (Å²) in [5.41, 5.74) is -1.60. The van der Waals surface area contributed by atoms with Gasteiger partial charge in [0.05, 0.1) is 65.9 Å². The van der Waals surface area contributed by atoms with Crippen LogP contribution < -0.4 is 4.74 Å². The van der Waals surface area contributed by atoms with Gasteiger partial charge in [0.2, 0.25) is 6.29 Å². The molecule has 0 spiro atoms. The van der Waals surface area contributed by atoms with E-state index < -0.39 is 188 Å². The Hall–Kier alpha value is -4.50. The number of aliphatic hydroxyl groups excluding tert-OH is 5. The predicted molar refractivity (Wildman–Crippen MR) is 280 cm³/mol. The number of aromatic hydroxyl groups is 2. The largest absolute Gasteiger partial charge is 0.507 e. The number of benzene rings is 2. The van der Waals surface area contributed by atoms with Crippen LogP contribution in [0, 0.1) is 12.8 Å². The summed E-state index contributed by atoms with van der Waals surface area (Å²) in [6, 6.07) is 2.97. The van der Waals surface area contributed by atoms with Crippen molar-refractivity contribution in [1.82, 2.24) is 0 Å². The van der Waals surface area contributed by atoms with E-state index in [1.807, 2.05) is 0 Å². The van der Waals surface area contributed by atoms with E-state index in [1.54, 1.807) is 27.7 Å². The van der Waals surface area contributed by atoms with Crippen LogP contribution in [0.15, 0.2) is 12.1 Å². The fraction of sp³-hybridized carbons (Fsp3) is 0.750. The molecule has 5 aliphatic heterocycles. The Bertz CT molecular complexity index is 2620. The third-order valence-corrected chi connectivity index (χ3v) is 16.6. The second-order valence-electron chi connectivity index (χ2n) is 22.9. The summed E-state index contributed by atoms with van der Waals surface area (Å²) in [7, 11) is 2.60. The number of hydrogen-bond donors (Lipinski definition) is 9. The molecule has 2 aromatic carbocycles. The number of carboxylic acid groups (broad SMARTS) is 1. The highest BCUT2D eigenvalue weighted by Gasteiger charge is 2.52. The molecule has 27 heteroatoms. The number of methoxy groups -OCH3 is 2. The minimum atomic E-state index is -1.97. The van der Waals surface area contributed by atoms with Crippen molar-refractivity contribution in [3.05, 3.63) is 28.8 Å². The maximum Gasteiger partial charge on any atom is 0.506 e. The fourth-order valence-electron chi connectivity index (χ4n) is 12.4. The maximum atomic E-state index is 15.1. The maximum absolute atomic E-state index is 15.1. The molecule has 466 valence electrons. The van der Waals surface area contributed by atoms with Crippen molar-refractivity contribution >= 4 is 34.5 Å². The van der Waals surface area contributed by atoms with Crippen LogP contribution in [0.25, 0.3) is 10.8 Å². The van der Waals surface area contributed by atoms with Gasteiger partial charge in [0, 0.05) is 64.7 Å². The van der Waals surface area contributed by atoms with Gasteiger partial charge in [0.1, 0.15) is 65.6 Å². The number of fused-ring (bicyclic) bond motifs is 2. The number of phenolic OH excluding ortho intramolecular Hbond substituents is 2. The van der Waals surface area contributed by atoms with Gasteiger partial charge in [-0.05, 0) is 84.9 Å². The van der Waals surface area contributed by atoms with Crippen LogP contribution in [0.2, 0.25) is 0 Å². The zero-order valence-corrected chi connectivity index (χ0v) is 48.1. The summed E-state index contributed by atoms with van der Waals surface area (Å²) >= 11 is 0. The lowest BCUT2D eigenvalue weighted by atomic mass is 9.75. The minimum Gasteiger partial charge on any atom is -0.507 e. The van der Waals surface area contributed by atoms with Crippen molar-refractivity contribution in [1.29, 1.82) is 0 Å². The summed E-state index contributed by atoms with van der Waals surface area (Å²) in [5, 5.41) is 99.5. The van der Waals surface area contributed by atoms with Crippen LogP contribution in [0.1, 0.15) is 109 Å². The molecule has 5 heterocycles. The first-order chi connectivity index (χ1) is 39.0. The van der Waals surface area contributed by atoms with E-state index in [4.69, 9.17) is 66.3 Å². The van der Waals surface area contributed by atoms with Crippen LogP contribution in [0.5, 0.6) is 17.2 Å². The Balaban J connectivity index is 1.04. The molecule has 0 unspecified atom stereocenters. The molecule has 9 N–H and O–H groups in total. The number of Topliss-reactive ketones (excluding diaryl/α,β-unsaturated/α-hetero) is 2.